The van der Waals surface area contributed by atoms with Gasteiger partial charge < -0.3 is 4.74 Å². The number of Topliss-reactive ketones (excluding diaryl/α,β-unsaturated/α-hetero) is 2. The maximum atomic E-state index is 12.4. The Morgan fingerprint density at radius 2 is 1.68 bits per heavy atom. The fourth-order valence-electron chi connectivity index (χ4n) is 3.91. The van der Waals surface area contributed by atoms with Crippen LogP contribution in [0, 0.1) is 11.8 Å². The number of fused-ring (bicyclic) bond motifs is 3. The Morgan fingerprint density at radius 3 is 2.27 bits per heavy atom. The Labute approximate surface area is 129 Å². The molecule has 3 rings (SSSR count). The lowest BCUT2D eigenvalue weighted by Gasteiger charge is -2.29. The Hall–Kier alpha value is -2.23. The van der Waals surface area contributed by atoms with Crippen molar-refractivity contribution in [1.82, 2.24) is 0 Å². The molecule has 2 aliphatic rings. The average molecular weight is 298 g/mol. The van der Waals surface area contributed by atoms with E-state index in [1.807, 2.05) is 30.3 Å². The molecule has 114 valence electrons. The Balaban J connectivity index is 2.19. The molecule has 1 heterocycles. The fourth-order valence-corrected chi connectivity index (χ4v) is 3.91. The van der Waals surface area contributed by atoms with Crippen LogP contribution >= 0.6 is 0 Å². The maximum Gasteiger partial charge on any atom is 0.315 e. The van der Waals surface area contributed by atoms with Gasteiger partial charge in [0.05, 0.1) is 11.8 Å². The number of esters is 1. The highest BCUT2D eigenvalue weighted by Crippen LogP contribution is 2.53. The molecule has 0 aromatic heterocycles. The van der Waals surface area contributed by atoms with Crippen LogP contribution in [-0.4, -0.2) is 17.5 Å². The zero-order valence-electron chi connectivity index (χ0n) is 12.8. The summed E-state index contributed by atoms with van der Waals surface area (Å²) in [5, 5.41) is 0. The Kier molecular flexibility index (Phi) is 3.47. The molecule has 1 aromatic carbocycles. The van der Waals surface area contributed by atoms with Crippen LogP contribution in [0.4, 0.5) is 0 Å². The van der Waals surface area contributed by atoms with Crippen molar-refractivity contribution in [1.29, 1.82) is 0 Å². The number of cyclic esters (lactones) is 1. The van der Waals surface area contributed by atoms with Gasteiger partial charge >= 0.3 is 5.97 Å². The van der Waals surface area contributed by atoms with Gasteiger partial charge in [-0.1, -0.05) is 24.3 Å². The zero-order chi connectivity index (χ0) is 16.0. The third-order valence-corrected chi connectivity index (χ3v) is 4.67. The van der Waals surface area contributed by atoms with Crippen LogP contribution in [0.25, 0.3) is 0 Å². The van der Waals surface area contributed by atoms with Gasteiger partial charge in [0.15, 0.2) is 0 Å². The van der Waals surface area contributed by atoms with Crippen molar-refractivity contribution in [2.75, 3.05) is 0 Å². The molecule has 0 radical (unpaired) electrons. The summed E-state index contributed by atoms with van der Waals surface area (Å²) in [5.74, 6) is -2.03. The van der Waals surface area contributed by atoms with E-state index < -0.39 is 17.8 Å². The fraction of sp³-hybridized carbons (Fsp3) is 0.389. The topological polar surface area (TPSA) is 60.4 Å². The quantitative estimate of drug-likeness (QED) is 0.636. The van der Waals surface area contributed by atoms with E-state index in [-0.39, 0.29) is 23.5 Å². The van der Waals surface area contributed by atoms with Crippen LogP contribution in [0.1, 0.15) is 43.7 Å². The largest absolute Gasteiger partial charge is 0.431 e. The highest BCUT2D eigenvalue weighted by Gasteiger charge is 2.51. The van der Waals surface area contributed by atoms with Gasteiger partial charge in [-0.05, 0) is 38.0 Å². The predicted molar refractivity (Wildman–Crippen MR) is 80.1 cm³/mol. The van der Waals surface area contributed by atoms with Crippen molar-refractivity contribution >= 4 is 17.5 Å². The molecule has 0 bridgehead atoms. The van der Waals surface area contributed by atoms with E-state index in [2.05, 4.69) is 0 Å². The van der Waals surface area contributed by atoms with E-state index in [4.69, 9.17) is 4.74 Å². The molecule has 1 aliphatic heterocycles. The van der Waals surface area contributed by atoms with Crippen molar-refractivity contribution in [3.63, 3.8) is 0 Å². The maximum absolute atomic E-state index is 12.4. The van der Waals surface area contributed by atoms with Gasteiger partial charge in [-0.25, -0.2) is 0 Å². The number of allylic oxidation sites excluding steroid dienone is 2. The van der Waals surface area contributed by atoms with Crippen LogP contribution in [0.3, 0.4) is 0 Å². The van der Waals surface area contributed by atoms with Crippen LogP contribution in [0.5, 0.6) is 0 Å². The molecule has 0 spiro atoms. The molecule has 0 amide bonds. The molecular weight excluding hydrogens is 280 g/mol. The van der Waals surface area contributed by atoms with Crippen molar-refractivity contribution in [2.45, 2.75) is 32.6 Å². The first-order valence-electron chi connectivity index (χ1n) is 7.41. The van der Waals surface area contributed by atoms with E-state index >= 15 is 0 Å². The van der Waals surface area contributed by atoms with Crippen molar-refractivity contribution in [2.24, 2.45) is 11.8 Å². The molecule has 4 nitrogen and oxygen atoms in total. The first kappa shape index (κ1) is 14.7. The Morgan fingerprint density at radius 1 is 1.09 bits per heavy atom. The van der Waals surface area contributed by atoms with E-state index in [9.17, 15) is 14.4 Å². The summed E-state index contributed by atoms with van der Waals surface area (Å²) in [7, 11) is 0. The molecule has 1 aromatic rings. The number of rotatable bonds is 3. The summed E-state index contributed by atoms with van der Waals surface area (Å²) in [4.78, 5) is 36.5. The van der Waals surface area contributed by atoms with E-state index in [0.29, 0.717) is 5.76 Å². The second-order valence-corrected chi connectivity index (χ2v) is 6.10. The molecule has 3 atom stereocenters. The van der Waals surface area contributed by atoms with Gasteiger partial charge in [0.25, 0.3) is 0 Å². The third kappa shape index (κ3) is 2.10. The standard InChI is InChI=1S/C18H18O4/c1-9-8-14-12-6-4-5-7-13(12)16(17(14)18(21)22-9)15(10(2)19)11(3)20/h4-8,14-17H,1-3H3/t14-,16-,17-/m0/s1. The smallest absolute Gasteiger partial charge is 0.315 e. The summed E-state index contributed by atoms with van der Waals surface area (Å²) in [6.45, 7) is 4.58. The lowest BCUT2D eigenvalue weighted by Crippen LogP contribution is -2.36. The highest BCUT2D eigenvalue weighted by molar-refractivity contribution is 6.02. The second kappa shape index (κ2) is 5.20. The minimum Gasteiger partial charge on any atom is -0.431 e. The molecule has 0 saturated heterocycles. The number of hydrogen-bond acceptors (Lipinski definition) is 4. The van der Waals surface area contributed by atoms with Gasteiger partial charge in [-0.2, -0.15) is 0 Å². The summed E-state index contributed by atoms with van der Waals surface area (Å²) >= 11 is 0. The van der Waals surface area contributed by atoms with Gasteiger partial charge in [-0.15, -0.1) is 0 Å². The first-order chi connectivity index (χ1) is 10.4. The average Bonchev–Trinajstić information content (AvgIpc) is 2.74. The summed E-state index contributed by atoms with van der Waals surface area (Å²) in [6.07, 6.45) is 1.92. The highest BCUT2D eigenvalue weighted by atomic mass is 16.5. The molecular formula is C18H18O4. The molecule has 1 aliphatic carbocycles. The number of carbonyl (C=O) groups excluding carboxylic acids is 3. The molecule has 0 N–H and O–H groups in total. The van der Waals surface area contributed by atoms with Gasteiger partial charge in [0.1, 0.15) is 17.3 Å². The molecule has 0 unspecified atom stereocenters. The SMILES string of the molecule is CC(=O)C(C(C)=O)[C@@H]1c2ccccc2[C@@H]2C=C(C)OC(=O)[C@@H]21. The van der Waals surface area contributed by atoms with Gasteiger partial charge in [0, 0.05) is 11.8 Å². The van der Waals surface area contributed by atoms with Crippen LogP contribution < -0.4 is 0 Å². The Bertz CT molecular complexity index is 687. The van der Waals surface area contributed by atoms with Crippen molar-refractivity contribution < 1.29 is 19.1 Å². The van der Waals surface area contributed by atoms with Crippen LogP contribution in [0.2, 0.25) is 0 Å². The molecule has 0 fully saturated rings. The van der Waals surface area contributed by atoms with E-state index in [1.54, 1.807) is 6.92 Å². The summed E-state index contributed by atoms with van der Waals surface area (Å²) in [5.41, 5.74) is 1.93. The van der Waals surface area contributed by atoms with Crippen LogP contribution in [-0.2, 0) is 19.1 Å². The lowest BCUT2D eigenvalue weighted by atomic mass is 9.75. The molecule has 22 heavy (non-hydrogen) atoms. The molecule has 0 saturated carbocycles. The first-order valence-corrected chi connectivity index (χ1v) is 7.41. The summed E-state index contributed by atoms with van der Waals surface area (Å²) < 4.78 is 5.27. The van der Waals surface area contributed by atoms with E-state index in [0.717, 1.165) is 11.1 Å². The normalized spacial score (nSPS) is 26.1. The molecule has 4 heteroatoms. The number of carbonyl (C=O) groups is 3. The predicted octanol–water partition coefficient (Wildman–Crippen LogP) is 2.74. The number of ketones is 2. The number of ether oxygens (including phenoxy) is 1. The van der Waals surface area contributed by atoms with Crippen LogP contribution in [0.15, 0.2) is 36.1 Å². The van der Waals surface area contributed by atoms with Gasteiger partial charge in [-0.3, -0.25) is 14.4 Å². The van der Waals surface area contributed by atoms with Crippen molar-refractivity contribution in [3.05, 3.63) is 47.2 Å². The zero-order valence-corrected chi connectivity index (χ0v) is 12.8. The monoisotopic (exact) mass is 298 g/mol. The third-order valence-electron chi connectivity index (χ3n) is 4.67. The minimum absolute atomic E-state index is 0.122. The van der Waals surface area contributed by atoms with E-state index in [1.165, 1.54) is 13.8 Å². The summed E-state index contributed by atoms with van der Waals surface area (Å²) in [6, 6.07) is 7.67. The second-order valence-electron chi connectivity index (χ2n) is 6.10. The van der Waals surface area contributed by atoms with Crippen molar-refractivity contribution in [3.8, 4) is 0 Å². The number of hydrogen-bond donors (Lipinski definition) is 0. The minimum atomic E-state index is -0.796. The van der Waals surface area contributed by atoms with Gasteiger partial charge in [0.2, 0.25) is 0 Å². The lowest BCUT2D eigenvalue weighted by molar-refractivity contribution is -0.147. The number of benzene rings is 1.